The molecule has 0 bridgehead atoms. The van der Waals surface area contributed by atoms with E-state index in [4.69, 9.17) is 0 Å². The Morgan fingerprint density at radius 1 is 1.29 bits per heavy atom. The molecular formula is C13H24N2O2. The van der Waals surface area contributed by atoms with Crippen LogP contribution in [0.4, 0.5) is 0 Å². The van der Waals surface area contributed by atoms with Gasteiger partial charge in [-0.05, 0) is 31.7 Å². The van der Waals surface area contributed by atoms with Crippen molar-refractivity contribution in [1.29, 1.82) is 0 Å². The van der Waals surface area contributed by atoms with Gasteiger partial charge in [-0.1, -0.05) is 19.3 Å². The highest BCUT2D eigenvalue weighted by Crippen LogP contribution is 2.26. The van der Waals surface area contributed by atoms with Crippen LogP contribution in [0.5, 0.6) is 0 Å². The minimum atomic E-state index is -0.353. The van der Waals surface area contributed by atoms with Crippen molar-refractivity contribution in [2.24, 2.45) is 11.8 Å². The predicted molar refractivity (Wildman–Crippen MR) is 66.6 cm³/mol. The van der Waals surface area contributed by atoms with Gasteiger partial charge >= 0.3 is 0 Å². The van der Waals surface area contributed by atoms with Crippen LogP contribution < -0.4 is 10.6 Å². The number of hydrogen-bond donors (Lipinski definition) is 3. The van der Waals surface area contributed by atoms with Crippen LogP contribution in [0.1, 0.15) is 38.5 Å². The second-order valence-corrected chi connectivity index (χ2v) is 5.40. The summed E-state index contributed by atoms with van der Waals surface area (Å²) in [4.78, 5) is 11.8. The number of nitrogens with one attached hydrogen (secondary N) is 2. The molecule has 2 aliphatic rings. The van der Waals surface area contributed by atoms with E-state index in [1.54, 1.807) is 0 Å². The zero-order chi connectivity index (χ0) is 12.1. The summed E-state index contributed by atoms with van der Waals surface area (Å²) in [5.41, 5.74) is 0. The summed E-state index contributed by atoms with van der Waals surface area (Å²) in [6.45, 7) is 2.15. The molecule has 0 spiro atoms. The first-order valence-corrected chi connectivity index (χ1v) is 6.94. The minimum absolute atomic E-state index is 0.102. The molecule has 4 heteroatoms. The third-order valence-electron chi connectivity index (χ3n) is 4.11. The molecule has 1 saturated heterocycles. The van der Waals surface area contributed by atoms with E-state index in [0.29, 0.717) is 12.5 Å². The van der Waals surface area contributed by atoms with E-state index in [9.17, 15) is 9.90 Å². The van der Waals surface area contributed by atoms with Gasteiger partial charge in [0.2, 0.25) is 5.91 Å². The maximum absolute atomic E-state index is 11.8. The number of aliphatic hydroxyl groups is 1. The summed E-state index contributed by atoms with van der Waals surface area (Å²) in [7, 11) is 0. The average molecular weight is 240 g/mol. The fourth-order valence-corrected chi connectivity index (χ4v) is 2.91. The molecule has 2 unspecified atom stereocenters. The molecule has 1 aliphatic heterocycles. The van der Waals surface area contributed by atoms with Gasteiger partial charge in [0.15, 0.2) is 0 Å². The molecule has 0 radical (unpaired) electrons. The first-order valence-electron chi connectivity index (χ1n) is 6.94. The number of amides is 1. The van der Waals surface area contributed by atoms with Crippen molar-refractivity contribution >= 4 is 5.91 Å². The lowest BCUT2D eigenvalue weighted by Crippen LogP contribution is -2.40. The second-order valence-electron chi connectivity index (χ2n) is 5.40. The molecule has 1 saturated carbocycles. The molecule has 2 fully saturated rings. The fraction of sp³-hybridized carbons (Fsp3) is 0.923. The van der Waals surface area contributed by atoms with Crippen molar-refractivity contribution < 1.29 is 9.90 Å². The molecule has 3 N–H and O–H groups in total. The molecule has 98 valence electrons. The Bertz CT molecular complexity index is 246. The molecule has 1 heterocycles. The lowest BCUT2D eigenvalue weighted by molar-refractivity contribution is -0.125. The van der Waals surface area contributed by atoms with Gasteiger partial charge in [-0.15, -0.1) is 0 Å². The van der Waals surface area contributed by atoms with Crippen molar-refractivity contribution in [3.63, 3.8) is 0 Å². The highest BCUT2D eigenvalue weighted by molar-refractivity contribution is 5.79. The van der Waals surface area contributed by atoms with Crippen LogP contribution in [-0.2, 0) is 4.79 Å². The molecule has 17 heavy (non-hydrogen) atoms. The van der Waals surface area contributed by atoms with E-state index < -0.39 is 0 Å². The summed E-state index contributed by atoms with van der Waals surface area (Å²) in [6.07, 6.45) is 6.54. The van der Waals surface area contributed by atoms with E-state index in [2.05, 4.69) is 10.6 Å². The Labute approximate surface area is 103 Å². The monoisotopic (exact) mass is 240 g/mol. The fourth-order valence-electron chi connectivity index (χ4n) is 2.91. The number of hydrogen-bond acceptors (Lipinski definition) is 3. The number of aliphatic hydroxyl groups excluding tert-OH is 1. The number of carbonyl (C=O) groups is 1. The zero-order valence-corrected chi connectivity index (χ0v) is 10.5. The normalized spacial score (nSPS) is 27.9. The van der Waals surface area contributed by atoms with E-state index in [1.807, 2.05) is 0 Å². The Kier molecular flexibility index (Phi) is 4.80. The second kappa shape index (κ2) is 6.36. The Hall–Kier alpha value is -0.610. The molecule has 0 aromatic heterocycles. The van der Waals surface area contributed by atoms with Crippen LogP contribution in [0.3, 0.4) is 0 Å². The van der Waals surface area contributed by atoms with Gasteiger partial charge < -0.3 is 15.7 Å². The topological polar surface area (TPSA) is 61.4 Å². The van der Waals surface area contributed by atoms with Crippen LogP contribution in [0.15, 0.2) is 0 Å². The van der Waals surface area contributed by atoms with Crippen molar-refractivity contribution in [1.82, 2.24) is 10.6 Å². The van der Waals surface area contributed by atoms with Gasteiger partial charge in [-0.25, -0.2) is 0 Å². The molecule has 2 atom stereocenters. The standard InChI is InChI=1S/C13H24N2O2/c16-12(10-4-2-1-3-5-10)9-15-13(17)11-6-7-14-8-11/h10-12,14,16H,1-9H2,(H,15,17). The third kappa shape index (κ3) is 3.68. The molecule has 1 amide bonds. The van der Waals surface area contributed by atoms with Crippen molar-refractivity contribution in [2.45, 2.75) is 44.6 Å². The number of rotatable bonds is 4. The lowest BCUT2D eigenvalue weighted by atomic mass is 9.85. The molecule has 4 nitrogen and oxygen atoms in total. The summed E-state index contributed by atoms with van der Waals surface area (Å²) < 4.78 is 0. The largest absolute Gasteiger partial charge is 0.391 e. The highest BCUT2D eigenvalue weighted by atomic mass is 16.3. The van der Waals surface area contributed by atoms with Crippen LogP contribution in [0.2, 0.25) is 0 Å². The Morgan fingerprint density at radius 2 is 2.06 bits per heavy atom. The third-order valence-corrected chi connectivity index (χ3v) is 4.11. The van der Waals surface area contributed by atoms with Gasteiger partial charge in [-0.3, -0.25) is 4.79 Å². The SMILES string of the molecule is O=C(NCC(O)C1CCCCC1)C1CCNC1. The van der Waals surface area contributed by atoms with E-state index in [1.165, 1.54) is 19.3 Å². The van der Waals surface area contributed by atoms with Crippen molar-refractivity contribution in [2.75, 3.05) is 19.6 Å². The van der Waals surface area contributed by atoms with E-state index >= 15 is 0 Å². The zero-order valence-electron chi connectivity index (χ0n) is 10.5. The Balaban J connectivity index is 1.67. The summed E-state index contributed by atoms with van der Waals surface area (Å²) in [5, 5.41) is 16.1. The van der Waals surface area contributed by atoms with Crippen LogP contribution in [-0.4, -0.2) is 36.8 Å². The van der Waals surface area contributed by atoms with Crippen LogP contribution in [0, 0.1) is 11.8 Å². The molecule has 2 rings (SSSR count). The minimum Gasteiger partial charge on any atom is -0.391 e. The summed E-state index contributed by atoms with van der Waals surface area (Å²) in [6, 6.07) is 0. The van der Waals surface area contributed by atoms with Gasteiger partial charge in [0.25, 0.3) is 0 Å². The van der Waals surface area contributed by atoms with Crippen LogP contribution in [0.25, 0.3) is 0 Å². The molecule has 1 aliphatic carbocycles. The molecular weight excluding hydrogens is 216 g/mol. The highest BCUT2D eigenvalue weighted by Gasteiger charge is 2.25. The smallest absolute Gasteiger partial charge is 0.224 e. The number of carbonyl (C=O) groups excluding carboxylic acids is 1. The van der Waals surface area contributed by atoms with E-state index in [0.717, 1.165) is 32.4 Å². The van der Waals surface area contributed by atoms with Crippen molar-refractivity contribution in [3.05, 3.63) is 0 Å². The van der Waals surface area contributed by atoms with Crippen molar-refractivity contribution in [3.8, 4) is 0 Å². The van der Waals surface area contributed by atoms with Crippen LogP contribution >= 0.6 is 0 Å². The average Bonchev–Trinajstić information content (AvgIpc) is 2.90. The molecule has 0 aromatic carbocycles. The van der Waals surface area contributed by atoms with Gasteiger partial charge in [0, 0.05) is 13.1 Å². The first-order chi connectivity index (χ1) is 8.27. The Morgan fingerprint density at radius 3 is 2.71 bits per heavy atom. The first kappa shape index (κ1) is 12.8. The van der Waals surface area contributed by atoms with Gasteiger partial charge in [-0.2, -0.15) is 0 Å². The maximum Gasteiger partial charge on any atom is 0.224 e. The predicted octanol–water partition coefficient (Wildman–Crippen LogP) is 0.653. The van der Waals surface area contributed by atoms with Gasteiger partial charge in [0.1, 0.15) is 0 Å². The van der Waals surface area contributed by atoms with E-state index in [-0.39, 0.29) is 17.9 Å². The lowest BCUT2D eigenvalue weighted by Gasteiger charge is -2.27. The summed E-state index contributed by atoms with van der Waals surface area (Å²) >= 11 is 0. The van der Waals surface area contributed by atoms with Gasteiger partial charge in [0.05, 0.1) is 12.0 Å². The quantitative estimate of drug-likeness (QED) is 0.676. The maximum atomic E-state index is 11.8. The summed E-state index contributed by atoms with van der Waals surface area (Å²) in [5.74, 6) is 0.601. The molecule has 0 aromatic rings.